The average Bonchev–Trinajstić information content (AvgIpc) is 2.77. The third kappa shape index (κ3) is 2.89. The number of anilines is 1. The molecule has 0 spiro atoms. The van der Waals surface area contributed by atoms with E-state index in [-0.39, 0.29) is 16.5 Å². The second kappa shape index (κ2) is 5.42. The lowest BCUT2D eigenvalue weighted by Gasteiger charge is -2.06. The Morgan fingerprint density at radius 2 is 2.10 bits per heavy atom. The molecular weight excluding hydrogens is 311 g/mol. The summed E-state index contributed by atoms with van der Waals surface area (Å²) in [5.74, 6) is -0.848. The Morgan fingerprint density at radius 1 is 1.29 bits per heavy atom. The molecular formula is C15H10ClFN2OS. The minimum Gasteiger partial charge on any atom is -0.322 e. The van der Waals surface area contributed by atoms with Gasteiger partial charge >= 0.3 is 0 Å². The average molecular weight is 321 g/mol. The van der Waals surface area contributed by atoms with Gasteiger partial charge in [0.15, 0.2) is 0 Å². The molecule has 0 aliphatic carbocycles. The van der Waals surface area contributed by atoms with Crippen LogP contribution in [0.2, 0.25) is 5.02 Å². The number of nitrogens with zero attached hydrogens (tertiary/aromatic N) is 1. The lowest BCUT2D eigenvalue weighted by atomic mass is 10.2. The zero-order valence-electron chi connectivity index (χ0n) is 11.0. The number of benzene rings is 2. The molecule has 0 unspecified atom stereocenters. The molecule has 0 fully saturated rings. The fourth-order valence-corrected chi connectivity index (χ4v) is 3.11. The van der Waals surface area contributed by atoms with Gasteiger partial charge in [-0.15, -0.1) is 11.3 Å². The molecule has 3 rings (SSSR count). The van der Waals surface area contributed by atoms with Crippen LogP contribution in [0.3, 0.4) is 0 Å². The van der Waals surface area contributed by atoms with Crippen molar-refractivity contribution in [1.82, 2.24) is 4.98 Å². The van der Waals surface area contributed by atoms with Gasteiger partial charge in [-0.2, -0.15) is 0 Å². The number of carbonyl (C=O) groups excluding carboxylic acids is 1. The molecule has 21 heavy (non-hydrogen) atoms. The van der Waals surface area contributed by atoms with Gasteiger partial charge in [-0.25, -0.2) is 9.37 Å². The summed E-state index contributed by atoms with van der Waals surface area (Å²) in [5.41, 5.74) is 1.78. The molecule has 1 heterocycles. The maximum absolute atomic E-state index is 13.0. The quantitative estimate of drug-likeness (QED) is 0.746. The van der Waals surface area contributed by atoms with E-state index in [4.69, 9.17) is 11.6 Å². The summed E-state index contributed by atoms with van der Waals surface area (Å²) < 4.78 is 14.0. The number of halogens is 2. The number of nitrogens with one attached hydrogen (secondary N) is 1. The number of carbonyl (C=O) groups is 1. The van der Waals surface area contributed by atoms with Gasteiger partial charge < -0.3 is 5.32 Å². The third-order valence-corrected chi connectivity index (χ3v) is 4.18. The Labute approximate surface area is 129 Å². The number of amides is 1. The topological polar surface area (TPSA) is 42.0 Å². The molecule has 3 nitrogen and oxygen atoms in total. The van der Waals surface area contributed by atoms with Gasteiger partial charge in [0.25, 0.3) is 5.91 Å². The highest BCUT2D eigenvalue weighted by molar-refractivity contribution is 7.18. The monoisotopic (exact) mass is 320 g/mol. The number of aryl methyl sites for hydroxylation is 1. The maximum atomic E-state index is 13.0. The molecule has 0 bridgehead atoms. The van der Waals surface area contributed by atoms with Crippen LogP contribution in [0.4, 0.5) is 10.1 Å². The normalized spacial score (nSPS) is 10.8. The first-order valence-electron chi connectivity index (χ1n) is 6.16. The van der Waals surface area contributed by atoms with Crippen LogP contribution in [-0.2, 0) is 0 Å². The molecule has 0 saturated carbocycles. The molecule has 6 heteroatoms. The second-order valence-corrected chi connectivity index (χ2v) is 6.14. The first kappa shape index (κ1) is 14.0. The van der Waals surface area contributed by atoms with E-state index < -0.39 is 5.82 Å². The number of thiazole rings is 1. The Bertz CT molecular complexity index is 847. The third-order valence-electron chi connectivity index (χ3n) is 2.93. The predicted molar refractivity (Wildman–Crippen MR) is 83.7 cm³/mol. The number of hydrogen-bond donors (Lipinski definition) is 1. The second-order valence-electron chi connectivity index (χ2n) is 4.49. The van der Waals surface area contributed by atoms with Crippen molar-refractivity contribution < 1.29 is 9.18 Å². The molecule has 3 aromatic rings. The van der Waals surface area contributed by atoms with Crippen LogP contribution >= 0.6 is 22.9 Å². The van der Waals surface area contributed by atoms with Gasteiger partial charge in [0.1, 0.15) is 5.82 Å². The SMILES string of the molecule is Cc1nc2ccc(NC(=O)c3ccc(F)cc3Cl)cc2s1. The summed E-state index contributed by atoms with van der Waals surface area (Å²) in [6, 6.07) is 9.16. The Hall–Kier alpha value is -1.98. The maximum Gasteiger partial charge on any atom is 0.257 e. The zero-order valence-corrected chi connectivity index (χ0v) is 12.6. The zero-order chi connectivity index (χ0) is 15.0. The van der Waals surface area contributed by atoms with Crippen LogP contribution in [-0.4, -0.2) is 10.9 Å². The molecule has 106 valence electrons. The Morgan fingerprint density at radius 3 is 2.86 bits per heavy atom. The first-order chi connectivity index (χ1) is 10.0. The number of hydrogen-bond acceptors (Lipinski definition) is 3. The van der Waals surface area contributed by atoms with Gasteiger partial charge in [-0.05, 0) is 43.3 Å². The molecule has 0 atom stereocenters. The van der Waals surface area contributed by atoms with Gasteiger partial charge in [0.2, 0.25) is 0 Å². The van der Waals surface area contributed by atoms with E-state index in [1.165, 1.54) is 12.1 Å². The summed E-state index contributed by atoms with van der Waals surface area (Å²) >= 11 is 7.44. The summed E-state index contributed by atoms with van der Waals surface area (Å²) in [7, 11) is 0. The van der Waals surface area contributed by atoms with Crippen molar-refractivity contribution >= 4 is 44.7 Å². The summed E-state index contributed by atoms with van der Waals surface area (Å²) in [4.78, 5) is 16.5. The van der Waals surface area contributed by atoms with Crippen molar-refractivity contribution in [3.05, 3.63) is 57.8 Å². The Balaban J connectivity index is 1.88. The summed E-state index contributed by atoms with van der Waals surface area (Å²) in [6.07, 6.45) is 0. The summed E-state index contributed by atoms with van der Waals surface area (Å²) in [5, 5.41) is 3.81. The van der Waals surface area contributed by atoms with Crippen LogP contribution < -0.4 is 5.32 Å². The van der Waals surface area contributed by atoms with Crippen LogP contribution in [0.1, 0.15) is 15.4 Å². The molecule has 1 amide bonds. The molecule has 1 N–H and O–H groups in total. The van der Waals surface area contributed by atoms with Gasteiger partial charge in [0, 0.05) is 5.69 Å². The van der Waals surface area contributed by atoms with Gasteiger partial charge in [0.05, 0.1) is 25.8 Å². The summed E-state index contributed by atoms with van der Waals surface area (Å²) in [6.45, 7) is 1.93. The van der Waals surface area contributed by atoms with Crippen LogP contribution in [0.25, 0.3) is 10.2 Å². The van der Waals surface area contributed by atoms with Crippen molar-refractivity contribution in [1.29, 1.82) is 0 Å². The van der Waals surface area contributed by atoms with E-state index in [1.807, 2.05) is 19.1 Å². The highest BCUT2D eigenvalue weighted by Gasteiger charge is 2.12. The molecule has 1 aromatic heterocycles. The van der Waals surface area contributed by atoms with Crippen LogP contribution in [0.15, 0.2) is 36.4 Å². The van der Waals surface area contributed by atoms with Gasteiger partial charge in [-0.1, -0.05) is 11.6 Å². The van der Waals surface area contributed by atoms with Crippen molar-refractivity contribution in [2.24, 2.45) is 0 Å². The number of rotatable bonds is 2. The highest BCUT2D eigenvalue weighted by atomic mass is 35.5. The van der Waals surface area contributed by atoms with Crippen LogP contribution in [0, 0.1) is 12.7 Å². The minimum atomic E-state index is -0.474. The molecule has 0 radical (unpaired) electrons. The minimum absolute atomic E-state index is 0.0854. The van der Waals surface area contributed by atoms with E-state index in [0.29, 0.717) is 5.69 Å². The van der Waals surface area contributed by atoms with Crippen molar-refractivity contribution in [2.45, 2.75) is 6.92 Å². The molecule has 2 aromatic carbocycles. The van der Waals surface area contributed by atoms with Gasteiger partial charge in [-0.3, -0.25) is 4.79 Å². The number of fused-ring (bicyclic) bond motifs is 1. The lowest BCUT2D eigenvalue weighted by molar-refractivity contribution is 0.102. The van der Waals surface area contributed by atoms with Crippen molar-refractivity contribution in [2.75, 3.05) is 5.32 Å². The molecule has 0 saturated heterocycles. The Kier molecular flexibility index (Phi) is 3.61. The molecule has 0 aliphatic rings. The van der Waals surface area contributed by atoms with Crippen LogP contribution in [0.5, 0.6) is 0 Å². The smallest absolute Gasteiger partial charge is 0.257 e. The molecule has 0 aliphatic heterocycles. The van der Waals surface area contributed by atoms with E-state index >= 15 is 0 Å². The van der Waals surface area contributed by atoms with E-state index in [0.717, 1.165) is 21.3 Å². The standard InChI is InChI=1S/C15H10ClFN2OS/c1-8-18-13-5-3-10(7-14(13)21-8)19-15(20)11-4-2-9(17)6-12(11)16/h2-7H,1H3,(H,19,20). The van der Waals surface area contributed by atoms with E-state index in [9.17, 15) is 9.18 Å². The highest BCUT2D eigenvalue weighted by Crippen LogP contribution is 2.25. The van der Waals surface area contributed by atoms with E-state index in [2.05, 4.69) is 10.3 Å². The van der Waals surface area contributed by atoms with E-state index in [1.54, 1.807) is 17.4 Å². The fourth-order valence-electron chi connectivity index (χ4n) is 1.99. The fraction of sp³-hybridized carbons (Fsp3) is 0.0667. The number of aromatic nitrogens is 1. The first-order valence-corrected chi connectivity index (χ1v) is 7.36. The van der Waals surface area contributed by atoms with Crippen molar-refractivity contribution in [3.8, 4) is 0 Å². The lowest BCUT2D eigenvalue weighted by Crippen LogP contribution is -2.12. The predicted octanol–water partition coefficient (Wildman–Crippen LogP) is 4.65. The largest absolute Gasteiger partial charge is 0.322 e. The van der Waals surface area contributed by atoms with Crippen molar-refractivity contribution in [3.63, 3.8) is 0 Å².